The first kappa shape index (κ1) is 12.7. The number of carbonyl (C=O) groups is 1. The standard InChI is InChI=1S/C15H22N2O2/c1-11-10-13(16-19-11)14-8-4-5-9-17(14)15(18)12-6-2-3-7-12/h10,12,14H,2-9H2,1H3. The zero-order valence-electron chi connectivity index (χ0n) is 11.6. The molecule has 1 aliphatic carbocycles. The molecule has 1 aliphatic heterocycles. The van der Waals surface area contributed by atoms with Crippen LogP contribution < -0.4 is 0 Å². The number of hydrogen-bond acceptors (Lipinski definition) is 3. The van der Waals surface area contributed by atoms with E-state index in [4.69, 9.17) is 4.52 Å². The van der Waals surface area contributed by atoms with Crippen molar-refractivity contribution in [3.8, 4) is 0 Å². The molecule has 2 aliphatic rings. The van der Waals surface area contributed by atoms with Gasteiger partial charge in [0.2, 0.25) is 5.91 Å². The lowest BCUT2D eigenvalue weighted by molar-refractivity contribution is -0.139. The minimum Gasteiger partial charge on any atom is -0.361 e. The highest BCUT2D eigenvalue weighted by molar-refractivity contribution is 5.79. The second-order valence-electron chi connectivity index (χ2n) is 5.89. The van der Waals surface area contributed by atoms with E-state index in [2.05, 4.69) is 10.1 Å². The van der Waals surface area contributed by atoms with Gasteiger partial charge in [0.25, 0.3) is 0 Å². The first-order valence-corrected chi connectivity index (χ1v) is 7.49. The van der Waals surface area contributed by atoms with Crippen molar-refractivity contribution in [2.75, 3.05) is 6.54 Å². The van der Waals surface area contributed by atoms with Gasteiger partial charge in [-0.1, -0.05) is 18.0 Å². The third kappa shape index (κ3) is 2.53. The lowest BCUT2D eigenvalue weighted by Gasteiger charge is -2.36. The second-order valence-corrected chi connectivity index (χ2v) is 5.89. The zero-order chi connectivity index (χ0) is 13.2. The summed E-state index contributed by atoms with van der Waals surface area (Å²) < 4.78 is 5.18. The first-order chi connectivity index (χ1) is 9.25. The minimum absolute atomic E-state index is 0.138. The van der Waals surface area contributed by atoms with Gasteiger partial charge in [-0.15, -0.1) is 0 Å². The van der Waals surface area contributed by atoms with Crippen molar-refractivity contribution in [2.24, 2.45) is 5.92 Å². The Labute approximate surface area is 114 Å². The Balaban J connectivity index is 1.78. The SMILES string of the molecule is Cc1cc(C2CCCCN2C(=O)C2CCCC2)no1. The number of likely N-dealkylation sites (tertiary alicyclic amines) is 1. The third-order valence-electron chi connectivity index (χ3n) is 4.48. The van der Waals surface area contributed by atoms with E-state index in [-0.39, 0.29) is 12.0 Å². The average Bonchev–Trinajstić information content (AvgIpc) is 3.09. The highest BCUT2D eigenvalue weighted by Gasteiger charge is 2.34. The number of amides is 1. The van der Waals surface area contributed by atoms with E-state index in [0.717, 1.165) is 43.7 Å². The number of rotatable bonds is 2. The Hall–Kier alpha value is -1.32. The molecule has 19 heavy (non-hydrogen) atoms. The van der Waals surface area contributed by atoms with Crippen LogP contribution in [-0.4, -0.2) is 22.5 Å². The van der Waals surface area contributed by atoms with Gasteiger partial charge in [-0.3, -0.25) is 4.79 Å². The van der Waals surface area contributed by atoms with Crippen molar-refractivity contribution in [3.63, 3.8) is 0 Å². The smallest absolute Gasteiger partial charge is 0.226 e. The number of aromatic nitrogens is 1. The lowest BCUT2D eigenvalue weighted by Crippen LogP contribution is -2.41. The Morgan fingerprint density at radius 1 is 1.26 bits per heavy atom. The summed E-state index contributed by atoms with van der Waals surface area (Å²) in [5.41, 5.74) is 0.934. The molecule has 0 radical (unpaired) electrons. The molecule has 1 amide bonds. The van der Waals surface area contributed by atoms with Crippen LogP contribution in [0.2, 0.25) is 0 Å². The molecule has 1 saturated heterocycles. The van der Waals surface area contributed by atoms with Crippen molar-refractivity contribution in [2.45, 2.75) is 57.9 Å². The van der Waals surface area contributed by atoms with Crippen LogP contribution in [0.4, 0.5) is 0 Å². The normalized spacial score (nSPS) is 24.9. The van der Waals surface area contributed by atoms with E-state index in [9.17, 15) is 4.79 Å². The number of nitrogens with zero attached hydrogens (tertiary/aromatic N) is 2. The maximum Gasteiger partial charge on any atom is 0.226 e. The van der Waals surface area contributed by atoms with Crippen molar-refractivity contribution in [1.82, 2.24) is 10.1 Å². The molecule has 0 spiro atoms. The Kier molecular flexibility index (Phi) is 3.58. The maximum atomic E-state index is 12.7. The van der Waals surface area contributed by atoms with Gasteiger partial charge in [-0.05, 0) is 39.0 Å². The number of hydrogen-bond donors (Lipinski definition) is 0. The zero-order valence-corrected chi connectivity index (χ0v) is 11.6. The molecule has 2 heterocycles. The molecule has 0 N–H and O–H groups in total. The fraction of sp³-hybridized carbons (Fsp3) is 0.733. The van der Waals surface area contributed by atoms with Crippen LogP contribution in [0.5, 0.6) is 0 Å². The topological polar surface area (TPSA) is 46.3 Å². The van der Waals surface area contributed by atoms with Crippen LogP contribution in [-0.2, 0) is 4.79 Å². The van der Waals surface area contributed by atoms with E-state index < -0.39 is 0 Å². The van der Waals surface area contributed by atoms with Crippen LogP contribution in [0.15, 0.2) is 10.6 Å². The van der Waals surface area contributed by atoms with Crippen LogP contribution >= 0.6 is 0 Å². The van der Waals surface area contributed by atoms with Gasteiger partial charge in [0.1, 0.15) is 11.5 Å². The quantitative estimate of drug-likeness (QED) is 0.822. The molecular formula is C15H22N2O2. The molecule has 0 bridgehead atoms. The molecule has 4 nitrogen and oxygen atoms in total. The van der Waals surface area contributed by atoms with Crippen LogP contribution in [0, 0.1) is 12.8 Å². The summed E-state index contributed by atoms with van der Waals surface area (Å²) >= 11 is 0. The number of carbonyl (C=O) groups excluding carboxylic acids is 1. The van der Waals surface area contributed by atoms with Crippen LogP contribution in [0.3, 0.4) is 0 Å². The molecule has 1 atom stereocenters. The molecule has 4 heteroatoms. The number of aryl methyl sites for hydroxylation is 1. The predicted octanol–water partition coefficient (Wildman–Crippen LogP) is 3.23. The van der Waals surface area contributed by atoms with Gasteiger partial charge < -0.3 is 9.42 Å². The van der Waals surface area contributed by atoms with E-state index in [1.807, 2.05) is 13.0 Å². The van der Waals surface area contributed by atoms with Crippen molar-refractivity contribution < 1.29 is 9.32 Å². The summed E-state index contributed by atoms with van der Waals surface area (Å²) in [6.45, 7) is 2.79. The van der Waals surface area contributed by atoms with Gasteiger partial charge in [-0.25, -0.2) is 0 Å². The second kappa shape index (κ2) is 5.35. The molecule has 1 aromatic rings. The summed E-state index contributed by atoms with van der Waals surface area (Å²) in [6, 6.07) is 2.12. The third-order valence-corrected chi connectivity index (χ3v) is 4.48. The van der Waals surface area contributed by atoms with Crippen molar-refractivity contribution in [3.05, 3.63) is 17.5 Å². The first-order valence-electron chi connectivity index (χ1n) is 7.49. The fourth-order valence-electron chi connectivity index (χ4n) is 3.45. The molecule has 2 fully saturated rings. The highest BCUT2D eigenvalue weighted by atomic mass is 16.5. The van der Waals surface area contributed by atoms with E-state index in [1.165, 1.54) is 19.3 Å². The lowest BCUT2D eigenvalue weighted by atomic mass is 9.96. The summed E-state index contributed by atoms with van der Waals surface area (Å²) in [5, 5.41) is 4.13. The van der Waals surface area contributed by atoms with Crippen molar-refractivity contribution in [1.29, 1.82) is 0 Å². The summed E-state index contributed by atoms with van der Waals surface area (Å²) in [6.07, 6.45) is 7.86. The molecule has 3 rings (SSSR count). The molecule has 1 aromatic heterocycles. The fourth-order valence-corrected chi connectivity index (χ4v) is 3.45. The van der Waals surface area contributed by atoms with Crippen LogP contribution in [0.1, 0.15) is 62.4 Å². The Morgan fingerprint density at radius 3 is 2.68 bits per heavy atom. The van der Waals surface area contributed by atoms with E-state index >= 15 is 0 Å². The van der Waals surface area contributed by atoms with Crippen molar-refractivity contribution >= 4 is 5.91 Å². The van der Waals surface area contributed by atoms with Gasteiger partial charge in [-0.2, -0.15) is 0 Å². The summed E-state index contributed by atoms with van der Waals surface area (Å²) in [7, 11) is 0. The molecular weight excluding hydrogens is 240 g/mol. The number of piperidine rings is 1. The van der Waals surface area contributed by atoms with Gasteiger partial charge >= 0.3 is 0 Å². The largest absolute Gasteiger partial charge is 0.361 e. The Morgan fingerprint density at radius 2 is 2.00 bits per heavy atom. The van der Waals surface area contributed by atoms with E-state index in [0.29, 0.717) is 5.91 Å². The molecule has 0 aromatic carbocycles. The van der Waals surface area contributed by atoms with Gasteiger partial charge in [0.05, 0.1) is 6.04 Å². The molecule has 1 unspecified atom stereocenters. The monoisotopic (exact) mass is 262 g/mol. The van der Waals surface area contributed by atoms with Crippen LogP contribution in [0.25, 0.3) is 0 Å². The molecule has 104 valence electrons. The van der Waals surface area contributed by atoms with Gasteiger partial charge in [0, 0.05) is 18.5 Å². The highest BCUT2D eigenvalue weighted by Crippen LogP contribution is 2.35. The minimum atomic E-state index is 0.138. The van der Waals surface area contributed by atoms with E-state index in [1.54, 1.807) is 0 Å². The summed E-state index contributed by atoms with van der Waals surface area (Å²) in [5.74, 6) is 1.44. The maximum absolute atomic E-state index is 12.7. The average molecular weight is 262 g/mol. The molecule has 1 saturated carbocycles. The predicted molar refractivity (Wildman–Crippen MR) is 71.5 cm³/mol. The van der Waals surface area contributed by atoms with Gasteiger partial charge in [0.15, 0.2) is 0 Å². The Bertz CT molecular complexity index is 449. The summed E-state index contributed by atoms with van der Waals surface area (Å²) in [4.78, 5) is 14.7.